The molecule has 76 valence electrons. The summed E-state index contributed by atoms with van der Waals surface area (Å²) in [6.45, 7) is 0.320. The molecule has 0 bridgehead atoms. The highest BCUT2D eigenvalue weighted by molar-refractivity contribution is 6.32. The van der Waals surface area contributed by atoms with Crippen molar-refractivity contribution in [1.29, 1.82) is 0 Å². The van der Waals surface area contributed by atoms with E-state index >= 15 is 0 Å². The molecule has 0 atom stereocenters. The Morgan fingerprint density at radius 3 is 3.07 bits per heavy atom. The van der Waals surface area contributed by atoms with Gasteiger partial charge in [-0.1, -0.05) is 11.6 Å². The Hall–Kier alpha value is -1.56. The Balaban J connectivity index is 2.63. The van der Waals surface area contributed by atoms with Gasteiger partial charge in [0.2, 0.25) is 5.91 Å². The quantitative estimate of drug-likeness (QED) is 0.644. The van der Waals surface area contributed by atoms with Gasteiger partial charge in [-0.15, -0.1) is 0 Å². The van der Waals surface area contributed by atoms with Crippen LogP contribution in [0.15, 0.2) is 11.0 Å². The largest absolute Gasteiger partial charge is 0.382 e. The van der Waals surface area contributed by atoms with Crippen LogP contribution in [0.25, 0.3) is 0 Å². The molecule has 14 heavy (non-hydrogen) atoms. The lowest BCUT2D eigenvalue weighted by atomic mass is 10.4. The van der Waals surface area contributed by atoms with Crippen molar-refractivity contribution in [2.75, 3.05) is 11.9 Å². The number of hydrogen-bond donors (Lipinski definition) is 3. The van der Waals surface area contributed by atoms with Crippen molar-refractivity contribution in [1.82, 2.24) is 10.2 Å². The van der Waals surface area contributed by atoms with Crippen molar-refractivity contribution in [3.8, 4) is 0 Å². The molecule has 0 unspecified atom stereocenters. The van der Waals surface area contributed by atoms with Gasteiger partial charge in [0.15, 0.2) is 0 Å². The summed E-state index contributed by atoms with van der Waals surface area (Å²) >= 11 is 5.65. The van der Waals surface area contributed by atoms with Crippen molar-refractivity contribution in [3.05, 3.63) is 21.6 Å². The van der Waals surface area contributed by atoms with Gasteiger partial charge < -0.3 is 11.1 Å². The minimum Gasteiger partial charge on any atom is -0.382 e. The van der Waals surface area contributed by atoms with Gasteiger partial charge in [-0.2, -0.15) is 5.10 Å². The summed E-state index contributed by atoms with van der Waals surface area (Å²) in [7, 11) is 0. The first-order chi connectivity index (χ1) is 6.61. The third-order valence-electron chi connectivity index (χ3n) is 1.48. The van der Waals surface area contributed by atoms with Crippen molar-refractivity contribution >= 4 is 23.2 Å². The molecule has 0 aromatic carbocycles. The molecule has 1 heterocycles. The Kier molecular flexibility index (Phi) is 3.47. The number of anilines is 1. The van der Waals surface area contributed by atoms with E-state index in [1.807, 2.05) is 0 Å². The number of primary amides is 1. The molecule has 0 aliphatic rings. The molecule has 1 aromatic rings. The molecular weight excluding hydrogens is 208 g/mol. The van der Waals surface area contributed by atoms with E-state index in [2.05, 4.69) is 15.5 Å². The number of hydrogen-bond acceptors (Lipinski definition) is 4. The van der Waals surface area contributed by atoms with E-state index in [0.717, 1.165) is 0 Å². The Bertz CT molecular complexity index is 390. The third-order valence-corrected chi connectivity index (χ3v) is 1.86. The molecule has 6 nitrogen and oxygen atoms in total. The SMILES string of the molecule is NC(=O)CCNc1cn[nH]c(=O)c1Cl. The molecule has 0 aliphatic heterocycles. The second-order valence-corrected chi connectivity index (χ2v) is 2.95. The molecule has 0 aliphatic carbocycles. The molecule has 7 heteroatoms. The molecule has 1 aromatic heterocycles. The second-order valence-electron chi connectivity index (χ2n) is 2.57. The van der Waals surface area contributed by atoms with E-state index < -0.39 is 11.5 Å². The fraction of sp³-hybridized carbons (Fsp3) is 0.286. The smallest absolute Gasteiger partial charge is 0.285 e. The summed E-state index contributed by atoms with van der Waals surface area (Å²) in [4.78, 5) is 21.4. The minimum absolute atomic E-state index is 0.0180. The molecule has 0 saturated carbocycles. The molecule has 0 radical (unpaired) electrons. The summed E-state index contributed by atoms with van der Waals surface area (Å²) in [5.74, 6) is -0.425. The number of rotatable bonds is 4. The first-order valence-electron chi connectivity index (χ1n) is 3.86. The van der Waals surface area contributed by atoms with Gasteiger partial charge in [0, 0.05) is 13.0 Å². The number of carbonyl (C=O) groups is 1. The third kappa shape index (κ3) is 2.74. The molecule has 0 fully saturated rings. The highest BCUT2D eigenvalue weighted by Gasteiger charge is 2.03. The van der Waals surface area contributed by atoms with Crippen LogP contribution in [0.2, 0.25) is 5.02 Å². The number of halogens is 1. The number of aromatic nitrogens is 2. The zero-order chi connectivity index (χ0) is 10.6. The first-order valence-corrected chi connectivity index (χ1v) is 4.24. The molecule has 0 saturated heterocycles. The van der Waals surface area contributed by atoms with Gasteiger partial charge in [-0.25, -0.2) is 5.10 Å². The second kappa shape index (κ2) is 4.61. The first kappa shape index (κ1) is 10.5. The fourth-order valence-electron chi connectivity index (χ4n) is 0.827. The molecular formula is C7H9ClN4O2. The Labute approximate surface area is 84.5 Å². The van der Waals surface area contributed by atoms with Crippen LogP contribution >= 0.6 is 11.6 Å². The van der Waals surface area contributed by atoms with Gasteiger partial charge >= 0.3 is 0 Å². The van der Waals surface area contributed by atoms with Gasteiger partial charge in [-0.3, -0.25) is 9.59 Å². The lowest BCUT2D eigenvalue weighted by Crippen LogP contribution is -2.17. The summed E-state index contributed by atoms with van der Waals surface area (Å²) in [6, 6.07) is 0. The fourth-order valence-corrected chi connectivity index (χ4v) is 0.985. The summed E-state index contributed by atoms with van der Waals surface area (Å²) in [6.07, 6.45) is 1.54. The van der Waals surface area contributed by atoms with E-state index in [4.69, 9.17) is 17.3 Å². The van der Waals surface area contributed by atoms with Crippen molar-refractivity contribution in [2.24, 2.45) is 5.73 Å². The van der Waals surface area contributed by atoms with E-state index in [1.54, 1.807) is 0 Å². The number of amides is 1. The predicted octanol–water partition coefficient (Wildman–Crippen LogP) is -0.289. The average molecular weight is 217 g/mol. The maximum Gasteiger partial charge on any atom is 0.285 e. The van der Waals surface area contributed by atoms with Crippen LogP contribution in [-0.4, -0.2) is 22.6 Å². The van der Waals surface area contributed by atoms with Crippen LogP contribution in [0, 0.1) is 0 Å². The Morgan fingerprint density at radius 1 is 1.71 bits per heavy atom. The molecule has 0 spiro atoms. The van der Waals surface area contributed by atoms with Crippen LogP contribution in [0.1, 0.15) is 6.42 Å². The standard InChI is InChI=1S/C7H9ClN4O2/c8-6-4(3-11-12-7(6)14)10-2-1-5(9)13/h3H,1-2H2,(H2,9,13)(H2,10,12,14). The summed E-state index contributed by atoms with van der Waals surface area (Å²) < 4.78 is 0. The van der Waals surface area contributed by atoms with Gasteiger partial charge in [0.1, 0.15) is 5.02 Å². The maximum absolute atomic E-state index is 11.0. The number of aromatic amines is 1. The van der Waals surface area contributed by atoms with Crippen LogP contribution in [0.3, 0.4) is 0 Å². The number of H-pyrrole nitrogens is 1. The van der Waals surface area contributed by atoms with Crippen molar-refractivity contribution in [2.45, 2.75) is 6.42 Å². The number of carbonyl (C=O) groups excluding carboxylic acids is 1. The average Bonchev–Trinajstić information content (AvgIpc) is 2.12. The summed E-state index contributed by atoms with van der Waals surface area (Å²) in [5.41, 5.74) is 4.84. The number of nitrogens with one attached hydrogen (secondary N) is 2. The molecule has 1 rings (SSSR count). The van der Waals surface area contributed by atoms with Gasteiger partial charge in [0.05, 0.1) is 11.9 Å². The van der Waals surface area contributed by atoms with Crippen LogP contribution in [-0.2, 0) is 4.79 Å². The maximum atomic E-state index is 11.0. The summed E-state index contributed by atoms with van der Waals surface area (Å²) in [5, 5.41) is 8.50. The molecule has 4 N–H and O–H groups in total. The van der Waals surface area contributed by atoms with Gasteiger partial charge in [-0.05, 0) is 0 Å². The zero-order valence-corrected chi connectivity index (χ0v) is 7.97. The highest BCUT2D eigenvalue weighted by atomic mass is 35.5. The minimum atomic E-state index is -0.476. The monoisotopic (exact) mass is 216 g/mol. The van der Waals surface area contributed by atoms with Crippen LogP contribution < -0.4 is 16.6 Å². The number of nitrogens with two attached hydrogens (primary N) is 1. The predicted molar refractivity (Wildman–Crippen MR) is 52.2 cm³/mol. The number of nitrogens with zero attached hydrogens (tertiary/aromatic N) is 1. The zero-order valence-electron chi connectivity index (χ0n) is 7.21. The normalized spacial score (nSPS) is 9.79. The van der Waals surface area contributed by atoms with Crippen molar-refractivity contribution < 1.29 is 4.79 Å². The van der Waals surface area contributed by atoms with Crippen molar-refractivity contribution in [3.63, 3.8) is 0 Å². The van der Waals surface area contributed by atoms with Crippen LogP contribution in [0.5, 0.6) is 0 Å². The molecule has 1 amide bonds. The van der Waals surface area contributed by atoms with Gasteiger partial charge in [0.25, 0.3) is 5.56 Å². The lowest BCUT2D eigenvalue weighted by molar-refractivity contribution is -0.117. The van der Waals surface area contributed by atoms with E-state index in [9.17, 15) is 9.59 Å². The Morgan fingerprint density at radius 2 is 2.43 bits per heavy atom. The lowest BCUT2D eigenvalue weighted by Gasteiger charge is -2.04. The van der Waals surface area contributed by atoms with E-state index in [0.29, 0.717) is 12.2 Å². The van der Waals surface area contributed by atoms with Crippen LogP contribution in [0.4, 0.5) is 5.69 Å². The highest BCUT2D eigenvalue weighted by Crippen LogP contribution is 2.13. The van der Waals surface area contributed by atoms with E-state index in [1.165, 1.54) is 6.20 Å². The van der Waals surface area contributed by atoms with E-state index in [-0.39, 0.29) is 11.4 Å². The topological polar surface area (TPSA) is 101 Å².